The van der Waals surface area contributed by atoms with Crippen LogP contribution in [-0.4, -0.2) is 30.9 Å². The van der Waals surface area contributed by atoms with Crippen LogP contribution in [0.25, 0.3) is 0 Å². The molecule has 3 nitrogen and oxygen atoms in total. The lowest BCUT2D eigenvalue weighted by Crippen LogP contribution is -2.26. The van der Waals surface area contributed by atoms with E-state index in [9.17, 15) is 4.79 Å². The molecule has 0 radical (unpaired) electrons. The van der Waals surface area contributed by atoms with E-state index >= 15 is 0 Å². The highest BCUT2D eigenvalue weighted by Gasteiger charge is 2.19. The molecule has 1 saturated heterocycles. The Balaban J connectivity index is 0.000000671. The number of carbonyl (C=O) groups excluding carboxylic acids is 1. The van der Waals surface area contributed by atoms with Gasteiger partial charge in [0.2, 0.25) is 5.91 Å². The second-order valence-corrected chi connectivity index (χ2v) is 3.67. The van der Waals surface area contributed by atoms with Gasteiger partial charge in [-0.25, -0.2) is 0 Å². The molecule has 0 aromatic heterocycles. The first-order valence-corrected chi connectivity index (χ1v) is 5.05. The fourth-order valence-electron chi connectivity index (χ4n) is 1.35. The molecule has 1 aliphatic rings. The summed E-state index contributed by atoms with van der Waals surface area (Å²) in [6, 6.07) is 0. The molecular formula is C10H22N2O. The summed E-state index contributed by atoms with van der Waals surface area (Å²) in [5.74, 6) is 1.06. The van der Waals surface area contributed by atoms with Crippen LogP contribution in [0.3, 0.4) is 0 Å². The molecule has 2 N–H and O–H groups in total. The van der Waals surface area contributed by atoms with E-state index in [0.29, 0.717) is 11.8 Å². The highest BCUT2D eigenvalue weighted by atomic mass is 16.2. The van der Waals surface area contributed by atoms with Gasteiger partial charge in [0.05, 0.1) is 0 Å². The van der Waals surface area contributed by atoms with Crippen molar-refractivity contribution in [2.75, 3.05) is 20.1 Å². The van der Waals surface area contributed by atoms with Gasteiger partial charge in [-0.1, -0.05) is 13.8 Å². The van der Waals surface area contributed by atoms with E-state index in [1.54, 1.807) is 0 Å². The first-order valence-electron chi connectivity index (χ1n) is 5.05. The maximum atomic E-state index is 11.1. The van der Waals surface area contributed by atoms with Crippen molar-refractivity contribution in [3.8, 4) is 0 Å². The van der Waals surface area contributed by atoms with Gasteiger partial charge in [0.1, 0.15) is 0 Å². The van der Waals surface area contributed by atoms with Crippen molar-refractivity contribution in [3.63, 3.8) is 0 Å². The third kappa shape index (κ3) is 4.88. The van der Waals surface area contributed by atoms with Gasteiger partial charge in [0.25, 0.3) is 0 Å². The summed E-state index contributed by atoms with van der Waals surface area (Å²) in [7, 11) is 1.50. The third-order valence-electron chi connectivity index (χ3n) is 2.15. The van der Waals surface area contributed by atoms with E-state index < -0.39 is 0 Å². The van der Waals surface area contributed by atoms with Crippen molar-refractivity contribution < 1.29 is 4.79 Å². The summed E-state index contributed by atoms with van der Waals surface area (Å²) in [5, 5.41) is 0. The molecule has 0 atom stereocenters. The molecular weight excluding hydrogens is 164 g/mol. The molecule has 0 unspecified atom stereocenters. The molecule has 1 amide bonds. The van der Waals surface area contributed by atoms with Gasteiger partial charge >= 0.3 is 0 Å². The Kier molecular flexibility index (Phi) is 6.59. The van der Waals surface area contributed by atoms with Crippen LogP contribution in [0.2, 0.25) is 0 Å². The smallest absolute Gasteiger partial charge is 0.222 e. The Bertz CT molecular complexity index is 146. The van der Waals surface area contributed by atoms with Crippen molar-refractivity contribution in [2.45, 2.75) is 33.1 Å². The quantitative estimate of drug-likeness (QED) is 0.720. The zero-order chi connectivity index (χ0) is 10.3. The monoisotopic (exact) mass is 186 g/mol. The molecule has 78 valence electrons. The maximum absolute atomic E-state index is 11.1. The van der Waals surface area contributed by atoms with E-state index in [0.717, 1.165) is 32.4 Å². The van der Waals surface area contributed by atoms with Gasteiger partial charge in [-0.3, -0.25) is 4.79 Å². The second kappa shape index (κ2) is 6.89. The topological polar surface area (TPSA) is 46.3 Å². The van der Waals surface area contributed by atoms with Crippen LogP contribution < -0.4 is 5.73 Å². The molecule has 1 aliphatic heterocycles. The van der Waals surface area contributed by atoms with E-state index in [-0.39, 0.29) is 0 Å². The molecule has 1 heterocycles. The third-order valence-corrected chi connectivity index (χ3v) is 2.15. The molecule has 0 aromatic rings. The minimum Gasteiger partial charge on any atom is -0.343 e. The fourth-order valence-corrected chi connectivity index (χ4v) is 1.35. The zero-order valence-corrected chi connectivity index (χ0v) is 9.05. The van der Waals surface area contributed by atoms with Crippen LogP contribution in [0.15, 0.2) is 0 Å². The largest absolute Gasteiger partial charge is 0.343 e. The minimum atomic E-state index is 0.352. The number of hydrogen-bond acceptors (Lipinski definition) is 2. The summed E-state index contributed by atoms with van der Waals surface area (Å²) < 4.78 is 0. The number of nitrogens with two attached hydrogens (primary N) is 1. The highest BCUT2D eigenvalue weighted by molar-refractivity contribution is 5.77. The standard InChI is InChI=1S/C9H17NO.CH5N/c1-8(2)5-7-10-6-3-4-9(10)11;1-2/h8H,3-7H2,1-2H3;2H2,1H3. The lowest BCUT2D eigenvalue weighted by Gasteiger charge is -2.16. The van der Waals surface area contributed by atoms with Crippen LogP contribution in [0.4, 0.5) is 0 Å². The lowest BCUT2D eigenvalue weighted by atomic mass is 10.1. The number of amides is 1. The van der Waals surface area contributed by atoms with E-state index in [1.807, 2.05) is 4.90 Å². The van der Waals surface area contributed by atoms with Gasteiger partial charge in [-0.2, -0.15) is 0 Å². The van der Waals surface area contributed by atoms with Crippen LogP contribution in [0, 0.1) is 5.92 Å². The summed E-state index contributed by atoms with van der Waals surface area (Å²) >= 11 is 0. The SMILES string of the molecule is CC(C)CCN1CCCC1=O.CN. The number of hydrogen-bond donors (Lipinski definition) is 1. The highest BCUT2D eigenvalue weighted by Crippen LogP contribution is 2.11. The number of rotatable bonds is 3. The molecule has 0 saturated carbocycles. The van der Waals surface area contributed by atoms with Gasteiger partial charge in [0, 0.05) is 19.5 Å². The molecule has 0 aromatic carbocycles. The van der Waals surface area contributed by atoms with Gasteiger partial charge in [0.15, 0.2) is 0 Å². The van der Waals surface area contributed by atoms with E-state index in [2.05, 4.69) is 19.6 Å². The summed E-state index contributed by atoms with van der Waals surface area (Å²) in [6.45, 7) is 6.35. The normalized spacial score (nSPS) is 16.1. The first kappa shape index (κ1) is 12.4. The van der Waals surface area contributed by atoms with Crippen LogP contribution in [0.1, 0.15) is 33.1 Å². The Morgan fingerprint density at radius 3 is 2.46 bits per heavy atom. The van der Waals surface area contributed by atoms with Crippen molar-refractivity contribution >= 4 is 5.91 Å². The van der Waals surface area contributed by atoms with E-state index in [1.165, 1.54) is 7.05 Å². The van der Waals surface area contributed by atoms with Crippen molar-refractivity contribution in [2.24, 2.45) is 11.7 Å². The Hall–Kier alpha value is -0.570. The van der Waals surface area contributed by atoms with Crippen LogP contribution in [-0.2, 0) is 4.79 Å². The molecule has 0 spiro atoms. The van der Waals surface area contributed by atoms with Crippen molar-refractivity contribution in [3.05, 3.63) is 0 Å². The summed E-state index contributed by atoms with van der Waals surface area (Å²) in [5.41, 5.74) is 4.50. The summed E-state index contributed by atoms with van der Waals surface area (Å²) in [6.07, 6.45) is 2.99. The average Bonchev–Trinajstić information content (AvgIpc) is 2.51. The molecule has 0 aliphatic carbocycles. The zero-order valence-electron chi connectivity index (χ0n) is 9.05. The fraction of sp³-hybridized carbons (Fsp3) is 0.900. The summed E-state index contributed by atoms with van der Waals surface area (Å²) in [4.78, 5) is 13.1. The minimum absolute atomic E-state index is 0.352. The van der Waals surface area contributed by atoms with Crippen LogP contribution in [0.5, 0.6) is 0 Å². The van der Waals surface area contributed by atoms with Gasteiger partial charge < -0.3 is 10.6 Å². The van der Waals surface area contributed by atoms with Crippen LogP contribution >= 0.6 is 0 Å². The predicted molar refractivity (Wildman–Crippen MR) is 55.4 cm³/mol. The van der Waals surface area contributed by atoms with Crippen molar-refractivity contribution in [1.82, 2.24) is 4.90 Å². The first-order chi connectivity index (χ1) is 6.20. The number of carbonyl (C=O) groups is 1. The Labute approximate surface area is 81.3 Å². The molecule has 0 bridgehead atoms. The second-order valence-electron chi connectivity index (χ2n) is 3.67. The van der Waals surface area contributed by atoms with Gasteiger partial charge in [-0.05, 0) is 25.8 Å². The maximum Gasteiger partial charge on any atom is 0.222 e. The molecule has 1 rings (SSSR count). The molecule has 1 fully saturated rings. The Morgan fingerprint density at radius 2 is 2.08 bits per heavy atom. The average molecular weight is 186 g/mol. The lowest BCUT2D eigenvalue weighted by molar-refractivity contribution is -0.127. The predicted octanol–water partition coefficient (Wildman–Crippen LogP) is 1.23. The number of nitrogens with zero attached hydrogens (tertiary/aromatic N) is 1. The molecule has 13 heavy (non-hydrogen) atoms. The van der Waals surface area contributed by atoms with Gasteiger partial charge in [-0.15, -0.1) is 0 Å². The van der Waals surface area contributed by atoms with E-state index in [4.69, 9.17) is 0 Å². The Morgan fingerprint density at radius 1 is 1.46 bits per heavy atom. The number of likely N-dealkylation sites (tertiary alicyclic amines) is 1. The van der Waals surface area contributed by atoms with Crippen molar-refractivity contribution in [1.29, 1.82) is 0 Å². The molecule has 3 heteroatoms.